The predicted octanol–water partition coefficient (Wildman–Crippen LogP) is 4.94. The van der Waals surface area contributed by atoms with Gasteiger partial charge in [0.2, 0.25) is 0 Å². The second kappa shape index (κ2) is 5.83. The third kappa shape index (κ3) is 2.62. The van der Waals surface area contributed by atoms with E-state index in [0.717, 1.165) is 23.3 Å². The molecule has 104 valence electrons. The molecule has 3 rings (SSSR count). The molecule has 0 radical (unpaired) electrons. The molecule has 1 N–H and O–H groups in total. The van der Waals surface area contributed by atoms with Crippen molar-refractivity contribution < 1.29 is 8.81 Å². The van der Waals surface area contributed by atoms with Gasteiger partial charge < -0.3 is 9.73 Å². The number of benzene rings is 1. The van der Waals surface area contributed by atoms with E-state index in [4.69, 9.17) is 4.42 Å². The smallest absolute Gasteiger partial charge is 0.169 e. The first-order valence-corrected chi connectivity index (χ1v) is 8.30. The highest BCUT2D eigenvalue weighted by Gasteiger charge is 2.19. The molecule has 2 heterocycles. The van der Waals surface area contributed by atoms with Gasteiger partial charge in [-0.25, -0.2) is 4.39 Å². The van der Waals surface area contributed by atoms with Gasteiger partial charge in [-0.15, -0.1) is 11.3 Å². The van der Waals surface area contributed by atoms with Crippen LogP contribution < -0.4 is 5.32 Å². The van der Waals surface area contributed by atoms with E-state index in [9.17, 15) is 4.39 Å². The van der Waals surface area contributed by atoms with Crippen molar-refractivity contribution >= 4 is 44.9 Å². The van der Waals surface area contributed by atoms with E-state index in [0.29, 0.717) is 5.58 Å². The molecule has 1 aromatic carbocycles. The Morgan fingerprint density at radius 3 is 2.90 bits per heavy atom. The molecule has 5 heteroatoms. The Bertz CT molecular complexity index is 736. The SMILES string of the molecule is CCNC(c1csc(I)c1)c1cc2cccc(F)c2o1. The van der Waals surface area contributed by atoms with Crippen LogP contribution in [-0.2, 0) is 0 Å². The van der Waals surface area contributed by atoms with Gasteiger partial charge in [0, 0.05) is 5.39 Å². The summed E-state index contributed by atoms with van der Waals surface area (Å²) < 4.78 is 20.7. The zero-order valence-corrected chi connectivity index (χ0v) is 13.8. The molecule has 3 aromatic rings. The van der Waals surface area contributed by atoms with Crippen LogP contribution in [0.1, 0.15) is 24.3 Å². The van der Waals surface area contributed by atoms with Crippen molar-refractivity contribution in [3.63, 3.8) is 0 Å². The Balaban J connectivity index is 2.07. The minimum absolute atomic E-state index is 0.0356. The summed E-state index contributed by atoms with van der Waals surface area (Å²) in [6.45, 7) is 2.87. The zero-order valence-electron chi connectivity index (χ0n) is 10.8. The first-order chi connectivity index (χ1) is 9.69. The minimum atomic E-state index is -0.316. The normalized spacial score (nSPS) is 12.9. The molecule has 0 saturated heterocycles. The Morgan fingerprint density at radius 1 is 1.40 bits per heavy atom. The fourth-order valence-electron chi connectivity index (χ4n) is 2.25. The molecule has 0 aliphatic carbocycles. The van der Waals surface area contributed by atoms with E-state index in [1.165, 1.54) is 8.95 Å². The number of rotatable bonds is 4. The number of nitrogens with one attached hydrogen (secondary N) is 1. The molecular formula is C15H13FINOS. The van der Waals surface area contributed by atoms with Crippen molar-refractivity contribution in [1.29, 1.82) is 0 Å². The minimum Gasteiger partial charge on any atom is -0.456 e. The lowest BCUT2D eigenvalue weighted by Crippen LogP contribution is -2.20. The van der Waals surface area contributed by atoms with E-state index < -0.39 is 0 Å². The first-order valence-electron chi connectivity index (χ1n) is 6.34. The molecule has 0 saturated carbocycles. The van der Waals surface area contributed by atoms with Crippen molar-refractivity contribution in [2.75, 3.05) is 6.54 Å². The third-order valence-electron chi connectivity index (χ3n) is 3.13. The Labute approximate surface area is 134 Å². The monoisotopic (exact) mass is 401 g/mol. The summed E-state index contributed by atoms with van der Waals surface area (Å²) in [5, 5.41) is 6.30. The van der Waals surface area contributed by atoms with Crippen LogP contribution in [0.3, 0.4) is 0 Å². The Hall–Kier alpha value is -0.920. The van der Waals surface area contributed by atoms with Crippen molar-refractivity contribution in [2.45, 2.75) is 13.0 Å². The lowest BCUT2D eigenvalue weighted by Gasteiger charge is -2.13. The van der Waals surface area contributed by atoms with Gasteiger partial charge in [-0.1, -0.05) is 19.1 Å². The van der Waals surface area contributed by atoms with Gasteiger partial charge in [-0.2, -0.15) is 0 Å². The van der Waals surface area contributed by atoms with Crippen LogP contribution in [0.2, 0.25) is 0 Å². The maximum absolute atomic E-state index is 13.7. The highest BCUT2D eigenvalue weighted by Crippen LogP contribution is 2.32. The van der Waals surface area contributed by atoms with Crippen LogP contribution in [0.15, 0.2) is 40.1 Å². The molecule has 0 aliphatic heterocycles. The zero-order chi connectivity index (χ0) is 14.1. The van der Waals surface area contributed by atoms with Gasteiger partial charge in [0.05, 0.1) is 8.93 Å². The number of hydrogen-bond donors (Lipinski definition) is 1. The van der Waals surface area contributed by atoms with E-state index in [2.05, 4.69) is 39.4 Å². The van der Waals surface area contributed by atoms with Crippen LogP contribution in [0, 0.1) is 8.70 Å². The standard InChI is InChI=1S/C15H13FINOS/c1-2-18-14(10-7-13(17)20-8-10)12-6-9-4-3-5-11(16)15(9)19-12/h3-8,14,18H,2H2,1H3. The Kier molecular flexibility index (Phi) is 4.09. The quantitative estimate of drug-likeness (QED) is 0.627. The number of furan rings is 1. The molecule has 1 unspecified atom stereocenters. The van der Waals surface area contributed by atoms with Gasteiger partial charge in [0.25, 0.3) is 0 Å². The lowest BCUT2D eigenvalue weighted by molar-refractivity contribution is 0.465. The summed E-state index contributed by atoms with van der Waals surface area (Å²) in [5.41, 5.74) is 1.48. The number of thiophene rings is 1. The van der Waals surface area contributed by atoms with Crippen molar-refractivity contribution in [1.82, 2.24) is 5.32 Å². The van der Waals surface area contributed by atoms with Crippen molar-refractivity contribution in [2.24, 2.45) is 0 Å². The van der Waals surface area contributed by atoms with E-state index in [1.54, 1.807) is 17.4 Å². The highest BCUT2D eigenvalue weighted by atomic mass is 127. The van der Waals surface area contributed by atoms with Crippen LogP contribution in [0.25, 0.3) is 11.0 Å². The largest absolute Gasteiger partial charge is 0.456 e. The maximum atomic E-state index is 13.7. The number of fused-ring (bicyclic) bond motifs is 1. The molecule has 20 heavy (non-hydrogen) atoms. The van der Waals surface area contributed by atoms with Crippen LogP contribution in [-0.4, -0.2) is 6.54 Å². The second-order valence-corrected chi connectivity index (χ2v) is 7.29. The summed E-state index contributed by atoms with van der Waals surface area (Å²) in [4.78, 5) is 0. The highest BCUT2D eigenvalue weighted by molar-refractivity contribution is 14.1. The maximum Gasteiger partial charge on any atom is 0.169 e. The summed E-state index contributed by atoms with van der Waals surface area (Å²) in [7, 11) is 0. The van der Waals surface area contributed by atoms with Crippen molar-refractivity contribution in [3.05, 3.63) is 55.7 Å². The average molecular weight is 401 g/mol. The molecule has 0 bridgehead atoms. The molecule has 0 amide bonds. The van der Waals surface area contributed by atoms with Gasteiger partial charge in [-0.3, -0.25) is 0 Å². The Morgan fingerprint density at radius 2 is 2.25 bits per heavy atom. The van der Waals surface area contributed by atoms with E-state index in [1.807, 2.05) is 19.1 Å². The predicted molar refractivity (Wildman–Crippen MR) is 88.7 cm³/mol. The molecule has 0 aliphatic rings. The van der Waals surface area contributed by atoms with Crippen LogP contribution in [0.4, 0.5) is 4.39 Å². The molecule has 1 atom stereocenters. The number of hydrogen-bond acceptors (Lipinski definition) is 3. The van der Waals surface area contributed by atoms with Gasteiger partial charge in [0.15, 0.2) is 11.4 Å². The fraction of sp³-hybridized carbons (Fsp3) is 0.200. The van der Waals surface area contributed by atoms with Crippen molar-refractivity contribution in [3.8, 4) is 0 Å². The summed E-state index contributed by atoms with van der Waals surface area (Å²) >= 11 is 4.00. The molecule has 2 nitrogen and oxygen atoms in total. The molecule has 0 spiro atoms. The third-order valence-corrected chi connectivity index (χ3v) is 4.94. The average Bonchev–Trinajstić information content (AvgIpc) is 3.03. The summed E-state index contributed by atoms with van der Waals surface area (Å²) in [6.07, 6.45) is 0. The second-order valence-electron chi connectivity index (χ2n) is 4.48. The number of halogens is 2. The topological polar surface area (TPSA) is 25.2 Å². The summed E-state index contributed by atoms with van der Waals surface area (Å²) in [5.74, 6) is 0.435. The van der Waals surface area contributed by atoms with Gasteiger partial charge >= 0.3 is 0 Å². The first kappa shape index (κ1) is 14.0. The summed E-state index contributed by atoms with van der Waals surface area (Å²) in [6, 6.07) is 8.99. The molecular weight excluding hydrogens is 388 g/mol. The fourth-order valence-corrected chi connectivity index (χ4v) is 3.65. The molecule has 0 fully saturated rings. The van der Waals surface area contributed by atoms with Crippen LogP contribution >= 0.6 is 33.9 Å². The van der Waals surface area contributed by atoms with Gasteiger partial charge in [0.1, 0.15) is 5.76 Å². The van der Waals surface area contributed by atoms with E-state index in [-0.39, 0.29) is 11.9 Å². The lowest BCUT2D eigenvalue weighted by atomic mass is 10.1. The number of para-hydroxylation sites is 1. The van der Waals surface area contributed by atoms with Gasteiger partial charge in [-0.05, 0) is 58.3 Å². The van der Waals surface area contributed by atoms with E-state index >= 15 is 0 Å². The van der Waals surface area contributed by atoms with Crippen LogP contribution in [0.5, 0.6) is 0 Å². The molecule has 2 aromatic heterocycles.